The van der Waals surface area contributed by atoms with Crippen LogP contribution in [-0.2, 0) is 11.8 Å². The molecule has 6 heteroatoms. The number of rotatable bonds is 3. The van der Waals surface area contributed by atoms with Crippen molar-refractivity contribution in [1.82, 2.24) is 9.47 Å². The predicted molar refractivity (Wildman–Crippen MR) is 71.3 cm³/mol. The van der Waals surface area contributed by atoms with Gasteiger partial charge in [-0.25, -0.2) is 0 Å². The molecule has 1 amide bonds. The lowest BCUT2D eigenvalue weighted by Crippen LogP contribution is -2.39. The zero-order valence-corrected chi connectivity index (χ0v) is 11.6. The molecule has 5 nitrogen and oxygen atoms in total. The molecule has 2 heterocycles. The van der Waals surface area contributed by atoms with Crippen LogP contribution < -0.4 is 0 Å². The van der Waals surface area contributed by atoms with Crippen LogP contribution in [-0.4, -0.2) is 39.5 Å². The average Bonchev–Trinajstić information content (AvgIpc) is 2.68. The first-order valence-electron chi connectivity index (χ1n) is 6.30. The van der Waals surface area contributed by atoms with E-state index in [9.17, 15) is 9.59 Å². The normalized spacial score (nSPS) is 16.6. The molecular weight excluding hydrogens is 268 g/mol. The summed E-state index contributed by atoms with van der Waals surface area (Å²) in [6.07, 6.45) is 3.39. The summed E-state index contributed by atoms with van der Waals surface area (Å²) in [7, 11) is 1.79. The molecule has 0 saturated carbocycles. The minimum Gasteiger partial charge on any atom is -0.481 e. The van der Waals surface area contributed by atoms with Gasteiger partial charge in [-0.05, 0) is 24.8 Å². The van der Waals surface area contributed by atoms with Crippen molar-refractivity contribution in [3.05, 3.63) is 23.0 Å². The van der Waals surface area contributed by atoms with Crippen LogP contribution >= 0.6 is 11.6 Å². The fourth-order valence-corrected chi connectivity index (χ4v) is 2.74. The lowest BCUT2D eigenvalue weighted by atomic mass is 9.93. The highest BCUT2D eigenvalue weighted by Crippen LogP contribution is 2.22. The van der Waals surface area contributed by atoms with Crippen LogP contribution in [0, 0.1) is 5.92 Å². The maximum Gasteiger partial charge on any atom is 0.303 e. The highest BCUT2D eigenvalue weighted by molar-refractivity contribution is 6.31. The van der Waals surface area contributed by atoms with Gasteiger partial charge in [-0.3, -0.25) is 9.59 Å². The van der Waals surface area contributed by atoms with Crippen LogP contribution in [0.25, 0.3) is 0 Å². The topological polar surface area (TPSA) is 62.5 Å². The molecule has 1 fully saturated rings. The summed E-state index contributed by atoms with van der Waals surface area (Å²) in [5, 5.41) is 9.31. The Hall–Kier alpha value is -1.49. The van der Waals surface area contributed by atoms with Gasteiger partial charge in [0, 0.05) is 32.8 Å². The smallest absolute Gasteiger partial charge is 0.303 e. The third-order valence-corrected chi connectivity index (χ3v) is 3.76. The molecule has 1 aliphatic heterocycles. The Morgan fingerprint density at radius 2 is 2.05 bits per heavy atom. The van der Waals surface area contributed by atoms with Crippen molar-refractivity contribution in [1.29, 1.82) is 0 Å². The number of carboxylic acids is 1. The number of carbonyl (C=O) groups excluding carboxylic acids is 1. The number of carbonyl (C=O) groups is 2. The molecule has 1 aromatic heterocycles. The Morgan fingerprint density at radius 3 is 2.53 bits per heavy atom. The van der Waals surface area contributed by atoms with E-state index in [4.69, 9.17) is 16.7 Å². The third-order valence-electron chi connectivity index (χ3n) is 3.56. The van der Waals surface area contributed by atoms with E-state index >= 15 is 0 Å². The van der Waals surface area contributed by atoms with Crippen LogP contribution in [0.5, 0.6) is 0 Å². The van der Waals surface area contributed by atoms with E-state index in [1.165, 1.54) is 0 Å². The number of carboxylic acid groups (broad SMARTS) is 1. The maximum atomic E-state index is 12.3. The summed E-state index contributed by atoms with van der Waals surface area (Å²) in [6, 6.07) is 1.66. The van der Waals surface area contributed by atoms with E-state index in [2.05, 4.69) is 0 Å². The van der Waals surface area contributed by atoms with Crippen molar-refractivity contribution in [2.75, 3.05) is 13.1 Å². The first kappa shape index (κ1) is 13.9. The molecule has 1 aliphatic rings. The quantitative estimate of drug-likeness (QED) is 0.923. The summed E-state index contributed by atoms with van der Waals surface area (Å²) in [4.78, 5) is 24.7. The van der Waals surface area contributed by atoms with Gasteiger partial charge >= 0.3 is 5.97 Å². The third kappa shape index (κ3) is 3.29. The highest BCUT2D eigenvalue weighted by atomic mass is 35.5. The molecule has 0 bridgehead atoms. The van der Waals surface area contributed by atoms with E-state index in [1.54, 1.807) is 28.8 Å². The van der Waals surface area contributed by atoms with Crippen molar-refractivity contribution in [2.24, 2.45) is 13.0 Å². The van der Waals surface area contributed by atoms with Crippen LogP contribution in [0.2, 0.25) is 5.02 Å². The molecule has 104 valence electrons. The zero-order chi connectivity index (χ0) is 14.0. The van der Waals surface area contributed by atoms with Gasteiger partial charge in [-0.15, -0.1) is 0 Å². The fraction of sp³-hybridized carbons (Fsp3) is 0.538. The van der Waals surface area contributed by atoms with Crippen molar-refractivity contribution >= 4 is 23.5 Å². The molecule has 0 atom stereocenters. The number of hydrogen-bond acceptors (Lipinski definition) is 2. The van der Waals surface area contributed by atoms with Crippen molar-refractivity contribution in [3.8, 4) is 0 Å². The highest BCUT2D eigenvalue weighted by Gasteiger charge is 2.26. The van der Waals surface area contributed by atoms with Crippen molar-refractivity contribution in [2.45, 2.75) is 19.3 Å². The summed E-state index contributed by atoms with van der Waals surface area (Å²) < 4.78 is 1.72. The van der Waals surface area contributed by atoms with E-state index in [0.29, 0.717) is 23.8 Å². The molecular formula is C13H17ClN2O3. The van der Waals surface area contributed by atoms with Gasteiger partial charge in [0.2, 0.25) is 0 Å². The van der Waals surface area contributed by atoms with Crippen LogP contribution in [0.15, 0.2) is 12.3 Å². The van der Waals surface area contributed by atoms with Gasteiger partial charge in [0.25, 0.3) is 5.91 Å². The Morgan fingerprint density at radius 1 is 1.42 bits per heavy atom. The number of aromatic nitrogens is 1. The fourth-order valence-electron chi connectivity index (χ4n) is 2.49. The van der Waals surface area contributed by atoms with Gasteiger partial charge in [0.15, 0.2) is 0 Å². The zero-order valence-electron chi connectivity index (χ0n) is 10.8. The molecule has 1 N–H and O–H groups in total. The molecule has 0 spiro atoms. The van der Waals surface area contributed by atoms with Crippen LogP contribution in [0.1, 0.15) is 29.8 Å². The molecule has 1 aromatic rings. The minimum absolute atomic E-state index is 0.0387. The van der Waals surface area contributed by atoms with E-state index in [1.807, 2.05) is 0 Å². The SMILES string of the molecule is Cn1cc(Cl)cc1C(=O)N1CCC(CC(=O)O)CC1. The molecule has 0 unspecified atom stereocenters. The second-order valence-electron chi connectivity index (χ2n) is 4.99. The average molecular weight is 285 g/mol. The maximum absolute atomic E-state index is 12.3. The Balaban J connectivity index is 1.96. The number of nitrogens with zero attached hydrogens (tertiary/aromatic N) is 2. The Labute approximate surface area is 116 Å². The lowest BCUT2D eigenvalue weighted by Gasteiger charge is -2.31. The Bertz CT molecular complexity index is 490. The van der Waals surface area contributed by atoms with Gasteiger partial charge in [0.1, 0.15) is 5.69 Å². The molecule has 19 heavy (non-hydrogen) atoms. The number of aryl methyl sites for hydroxylation is 1. The number of amides is 1. The largest absolute Gasteiger partial charge is 0.481 e. The van der Waals surface area contributed by atoms with Gasteiger partial charge in [0.05, 0.1) is 5.02 Å². The molecule has 0 aliphatic carbocycles. The summed E-state index contributed by atoms with van der Waals surface area (Å²) in [6.45, 7) is 1.22. The van der Waals surface area contributed by atoms with Crippen molar-refractivity contribution in [3.63, 3.8) is 0 Å². The number of likely N-dealkylation sites (tertiary alicyclic amines) is 1. The first-order chi connectivity index (χ1) is 8.97. The first-order valence-corrected chi connectivity index (χ1v) is 6.68. The summed E-state index contributed by atoms with van der Waals surface area (Å²) in [5.74, 6) is -0.624. The van der Waals surface area contributed by atoms with E-state index < -0.39 is 5.97 Å². The lowest BCUT2D eigenvalue weighted by molar-refractivity contribution is -0.138. The number of piperidine rings is 1. The number of halogens is 1. The van der Waals surface area contributed by atoms with Gasteiger partial charge in [-0.1, -0.05) is 11.6 Å². The second-order valence-corrected chi connectivity index (χ2v) is 5.42. The summed E-state index contributed by atoms with van der Waals surface area (Å²) >= 11 is 5.87. The van der Waals surface area contributed by atoms with E-state index in [0.717, 1.165) is 12.8 Å². The van der Waals surface area contributed by atoms with E-state index in [-0.39, 0.29) is 18.2 Å². The van der Waals surface area contributed by atoms with Gasteiger partial charge < -0.3 is 14.6 Å². The second kappa shape index (κ2) is 5.65. The molecule has 0 radical (unpaired) electrons. The molecule has 2 rings (SSSR count). The van der Waals surface area contributed by atoms with Gasteiger partial charge in [-0.2, -0.15) is 0 Å². The standard InChI is InChI=1S/C13H17ClN2O3/c1-15-8-10(14)7-11(15)13(19)16-4-2-9(3-5-16)6-12(17)18/h7-9H,2-6H2,1H3,(H,17,18). The summed E-state index contributed by atoms with van der Waals surface area (Å²) in [5.41, 5.74) is 0.571. The Kier molecular flexibility index (Phi) is 4.14. The van der Waals surface area contributed by atoms with Crippen LogP contribution in [0.4, 0.5) is 0 Å². The molecule has 0 aromatic carbocycles. The van der Waals surface area contributed by atoms with Crippen LogP contribution in [0.3, 0.4) is 0 Å². The number of aliphatic carboxylic acids is 1. The minimum atomic E-state index is -0.765. The predicted octanol–water partition coefficient (Wildman–Crippen LogP) is 2.01. The molecule has 1 saturated heterocycles. The monoisotopic (exact) mass is 284 g/mol. The van der Waals surface area contributed by atoms with Crippen molar-refractivity contribution < 1.29 is 14.7 Å². The number of hydrogen-bond donors (Lipinski definition) is 1.